The average Bonchev–Trinajstić information content (AvgIpc) is 2.98. The summed E-state index contributed by atoms with van der Waals surface area (Å²) in [6.07, 6.45) is 0. The van der Waals surface area contributed by atoms with E-state index in [1.54, 1.807) is 11.3 Å². The Bertz CT molecular complexity index is 624. The van der Waals surface area contributed by atoms with E-state index >= 15 is 0 Å². The van der Waals surface area contributed by atoms with Crippen LogP contribution in [0.25, 0.3) is 0 Å². The van der Waals surface area contributed by atoms with Crippen LogP contribution in [-0.2, 0) is 0 Å². The molecule has 1 unspecified atom stereocenters. The molecule has 1 aromatic heterocycles. The molecule has 0 aliphatic carbocycles. The molecule has 1 aromatic carbocycles. The van der Waals surface area contributed by atoms with Crippen LogP contribution in [0.3, 0.4) is 0 Å². The third kappa shape index (κ3) is 2.89. The molecule has 0 saturated carbocycles. The SMILES string of the molecule is CNC(c1ccc2c(c1)OCCO2)c1nc(C(C)C)cs1. The van der Waals surface area contributed by atoms with Gasteiger partial charge in [-0.3, -0.25) is 0 Å². The Labute approximate surface area is 129 Å². The predicted octanol–water partition coefficient (Wildman–Crippen LogP) is 3.35. The lowest BCUT2D eigenvalue weighted by Gasteiger charge is -2.21. The maximum Gasteiger partial charge on any atom is 0.161 e. The molecule has 0 fully saturated rings. The Morgan fingerprint density at radius 2 is 1.95 bits per heavy atom. The molecule has 1 atom stereocenters. The summed E-state index contributed by atoms with van der Waals surface area (Å²) in [4.78, 5) is 4.75. The second-order valence-electron chi connectivity index (χ2n) is 5.39. The van der Waals surface area contributed by atoms with Gasteiger partial charge < -0.3 is 14.8 Å². The Hall–Kier alpha value is -1.59. The fourth-order valence-corrected chi connectivity index (χ4v) is 3.49. The van der Waals surface area contributed by atoms with E-state index < -0.39 is 0 Å². The highest BCUT2D eigenvalue weighted by molar-refractivity contribution is 7.09. The number of ether oxygens (including phenoxy) is 2. The molecule has 0 saturated heterocycles. The van der Waals surface area contributed by atoms with Gasteiger partial charge in [-0.25, -0.2) is 4.98 Å². The molecular weight excluding hydrogens is 284 g/mol. The van der Waals surface area contributed by atoms with Gasteiger partial charge in [-0.1, -0.05) is 19.9 Å². The topological polar surface area (TPSA) is 43.4 Å². The lowest BCUT2D eigenvalue weighted by Crippen LogP contribution is -2.19. The van der Waals surface area contributed by atoms with Crippen LogP contribution in [0.5, 0.6) is 11.5 Å². The van der Waals surface area contributed by atoms with Gasteiger partial charge in [-0.05, 0) is 30.7 Å². The molecule has 1 N–H and O–H groups in total. The highest BCUT2D eigenvalue weighted by Crippen LogP contribution is 2.35. The molecule has 1 aliphatic heterocycles. The maximum atomic E-state index is 5.67. The first kappa shape index (κ1) is 14.4. The van der Waals surface area contributed by atoms with Crippen molar-refractivity contribution in [2.75, 3.05) is 20.3 Å². The van der Waals surface area contributed by atoms with Crippen LogP contribution in [0.4, 0.5) is 0 Å². The summed E-state index contributed by atoms with van der Waals surface area (Å²) in [5, 5.41) is 6.57. The van der Waals surface area contributed by atoms with E-state index in [1.165, 1.54) is 0 Å². The van der Waals surface area contributed by atoms with Crippen LogP contribution in [0.2, 0.25) is 0 Å². The maximum absolute atomic E-state index is 5.67. The number of aromatic nitrogens is 1. The minimum Gasteiger partial charge on any atom is -0.486 e. The summed E-state index contributed by atoms with van der Waals surface area (Å²) >= 11 is 1.70. The van der Waals surface area contributed by atoms with Crippen molar-refractivity contribution >= 4 is 11.3 Å². The van der Waals surface area contributed by atoms with Crippen molar-refractivity contribution in [3.8, 4) is 11.5 Å². The number of nitrogens with zero attached hydrogens (tertiary/aromatic N) is 1. The average molecular weight is 304 g/mol. The standard InChI is InChI=1S/C16H20N2O2S/c1-10(2)12-9-21-16(18-12)15(17-3)11-4-5-13-14(8-11)20-7-6-19-13/h4-5,8-10,15,17H,6-7H2,1-3H3. The summed E-state index contributed by atoms with van der Waals surface area (Å²) in [7, 11) is 1.96. The molecule has 0 spiro atoms. The van der Waals surface area contributed by atoms with Gasteiger partial charge in [0.15, 0.2) is 11.5 Å². The van der Waals surface area contributed by atoms with Crippen molar-refractivity contribution in [1.29, 1.82) is 0 Å². The van der Waals surface area contributed by atoms with Gasteiger partial charge in [0.05, 0.1) is 11.7 Å². The van der Waals surface area contributed by atoms with Gasteiger partial charge in [0.2, 0.25) is 0 Å². The van der Waals surface area contributed by atoms with Gasteiger partial charge in [0.25, 0.3) is 0 Å². The number of benzene rings is 1. The molecule has 1 aliphatic rings. The largest absolute Gasteiger partial charge is 0.486 e. The van der Waals surface area contributed by atoms with Crippen LogP contribution in [0, 0.1) is 0 Å². The Morgan fingerprint density at radius 1 is 1.19 bits per heavy atom. The van der Waals surface area contributed by atoms with Crippen LogP contribution in [0.1, 0.15) is 42.1 Å². The van der Waals surface area contributed by atoms with Gasteiger partial charge in [-0.15, -0.1) is 11.3 Å². The minimum atomic E-state index is 0.0818. The quantitative estimate of drug-likeness (QED) is 0.941. The van der Waals surface area contributed by atoms with Crippen molar-refractivity contribution in [2.24, 2.45) is 0 Å². The molecule has 0 radical (unpaired) electrons. The minimum absolute atomic E-state index is 0.0818. The summed E-state index contributed by atoms with van der Waals surface area (Å²) in [5.41, 5.74) is 2.29. The molecule has 2 heterocycles. The number of thiazole rings is 1. The normalized spacial score (nSPS) is 15.2. The summed E-state index contributed by atoms with van der Waals surface area (Å²) in [6, 6.07) is 6.18. The Kier molecular flexibility index (Phi) is 4.12. The fourth-order valence-electron chi connectivity index (χ4n) is 2.37. The van der Waals surface area contributed by atoms with Crippen molar-refractivity contribution in [3.05, 3.63) is 39.8 Å². The lowest BCUT2D eigenvalue weighted by atomic mass is 10.1. The number of hydrogen-bond acceptors (Lipinski definition) is 5. The molecule has 4 nitrogen and oxygen atoms in total. The van der Waals surface area contributed by atoms with Crippen LogP contribution >= 0.6 is 11.3 Å². The highest BCUT2D eigenvalue weighted by Gasteiger charge is 2.20. The molecule has 2 aromatic rings. The summed E-state index contributed by atoms with van der Waals surface area (Å²) < 4.78 is 11.2. The monoisotopic (exact) mass is 304 g/mol. The molecule has 0 bridgehead atoms. The Balaban J connectivity index is 1.91. The van der Waals surface area contributed by atoms with E-state index in [4.69, 9.17) is 14.5 Å². The van der Waals surface area contributed by atoms with Crippen molar-refractivity contribution in [1.82, 2.24) is 10.3 Å². The van der Waals surface area contributed by atoms with Gasteiger partial charge in [-0.2, -0.15) is 0 Å². The zero-order valence-corrected chi connectivity index (χ0v) is 13.4. The smallest absolute Gasteiger partial charge is 0.161 e. The van der Waals surface area contributed by atoms with Crippen molar-refractivity contribution in [2.45, 2.75) is 25.8 Å². The first-order chi connectivity index (χ1) is 10.2. The zero-order valence-electron chi connectivity index (χ0n) is 12.6. The lowest BCUT2D eigenvalue weighted by molar-refractivity contribution is 0.171. The third-order valence-corrected chi connectivity index (χ3v) is 4.49. The molecule has 21 heavy (non-hydrogen) atoms. The second-order valence-corrected chi connectivity index (χ2v) is 6.28. The van der Waals surface area contributed by atoms with E-state index in [2.05, 4.69) is 30.6 Å². The number of rotatable bonds is 4. The summed E-state index contributed by atoms with van der Waals surface area (Å²) in [5.74, 6) is 2.09. The van der Waals surface area contributed by atoms with E-state index in [0.29, 0.717) is 19.1 Å². The van der Waals surface area contributed by atoms with Gasteiger partial charge in [0.1, 0.15) is 18.2 Å². The first-order valence-electron chi connectivity index (χ1n) is 7.21. The van der Waals surface area contributed by atoms with Crippen LogP contribution in [0.15, 0.2) is 23.6 Å². The summed E-state index contributed by atoms with van der Waals surface area (Å²) in [6.45, 7) is 5.55. The third-order valence-electron chi connectivity index (χ3n) is 3.57. The Morgan fingerprint density at radius 3 is 2.62 bits per heavy atom. The van der Waals surface area contributed by atoms with E-state index in [0.717, 1.165) is 27.8 Å². The molecule has 3 rings (SSSR count). The van der Waals surface area contributed by atoms with Gasteiger partial charge in [0, 0.05) is 5.38 Å². The number of fused-ring (bicyclic) bond motifs is 1. The van der Waals surface area contributed by atoms with Crippen LogP contribution in [-0.4, -0.2) is 25.2 Å². The molecule has 112 valence electrons. The highest BCUT2D eigenvalue weighted by atomic mass is 32.1. The van der Waals surface area contributed by atoms with Gasteiger partial charge >= 0.3 is 0 Å². The first-order valence-corrected chi connectivity index (χ1v) is 8.09. The predicted molar refractivity (Wildman–Crippen MR) is 84.5 cm³/mol. The fraction of sp³-hybridized carbons (Fsp3) is 0.438. The number of hydrogen-bond donors (Lipinski definition) is 1. The number of nitrogens with one attached hydrogen (secondary N) is 1. The van der Waals surface area contributed by atoms with Crippen LogP contribution < -0.4 is 14.8 Å². The molecule has 5 heteroatoms. The van der Waals surface area contributed by atoms with E-state index in [9.17, 15) is 0 Å². The molecule has 0 amide bonds. The van der Waals surface area contributed by atoms with E-state index in [1.807, 2.05) is 19.2 Å². The van der Waals surface area contributed by atoms with E-state index in [-0.39, 0.29) is 6.04 Å². The zero-order chi connectivity index (χ0) is 14.8. The second kappa shape index (κ2) is 6.03. The van der Waals surface area contributed by atoms with Crippen molar-refractivity contribution in [3.63, 3.8) is 0 Å². The van der Waals surface area contributed by atoms with Crippen molar-refractivity contribution < 1.29 is 9.47 Å². The molecular formula is C16H20N2O2S.